The molecular weight excluding hydrogens is 383 g/mol. The Morgan fingerprint density at radius 1 is 1.22 bits per heavy atom. The number of ketones is 1. The lowest BCUT2D eigenvalue weighted by Crippen LogP contribution is -2.26. The summed E-state index contributed by atoms with van der Waals surface area (Å²) in [6.07, 6.45) is 1.62. The smallest absolute Gasteiger partial charge is 0.230 e. The average Bonchev–Trinajstić information content (AvgIpc) is 3.07. The van der Waals surface area contributed by atoms with Crippen LogP contribution in [0.3, 0.4) is 0 Å². The number of hydrogen-bond donors (Lipinski definition) is 1. The van der Waals surface area contributed by atoms with Gasteiger partial charge < -0.3 is 5.32 Å². The van der Waals surface area contributed by atoms with Gasteiger partial charge in [-0.3, -0.25) is 9.59 Å². The molecule has 0 spiro atoms. The fourth-order valence-electron chi connectivity index (χ4n) is 2.53. The number of carbonyl (C=O) groups excluding carboxylic acids is 2. The van der Waals surface area contributed by atoms with Gasteiger partial charge in [0.25, 0.3) is 0 Å². The van der Waals surface area contributed by atoms with Gasteiger partial charge >= 0.3 is 0 Å². The van der Waals surface area contributed by atoms with Crippen molar-refractivity contribution in [1.29, 1.82) is 0 Å². The lowest BCUT2D eigenvalue weighted by molar-refractivity contribution is -0.118. The highest BCUT2D eigenvalue weighted by Gasteiger charge is 2.09. The van der Waals surface area contributed by atoms with Gasteiger partial charge in [0, 0.05) is 23.4 Å². The summed E-state index contributed by atoms with van der Waals surface area (Å²) in [5.74, 6) is -0.663. The van der Waals surface area contributed by atoms with E-state index in [2.05, 4.69) is 16.4 Å². The van der Waals surface area contributed by atoms with Gasteiger partial charge in [0.1, 0.15) is 5.82 Å². The van der Waals surface area contributed by atoms with Crippen molar-refractivity contribution in [3.05, 3.63) is 58.9 Å². The number of benzene rings is 2. The molecule has 1 aromatic heterocycles. The summed E-state index contributed by atoms with van der Waals surface area (Å²) in [6, 6.07) is 12.3. The molecule has 0 aliphatic heterocycles. The van der Waals surface area contributed by atoms with E-state index >= 15 is 0 Å². The van der Waals surface area contributed by atoms with E-state index < -0.39 is 5.82 Å². The molecule has 3 aromatic rings. The predicted molar refractivity (Wildman–Crippen MR) is 108 cm³/mol. The summed E-state index contributed by atoms with van der Waals surface area (Å²) in [4.78, 5) is 28.1. The Kier molecular flexibility index (Phi) is 6.58. The number of aromatic nitrogens is 1. The lowest BCUT2D eigenvalue weighted by Gasteiger charge is -2.06. The molecule has 1 heterocycles. The summed E-state index contributed by atoms with van der Waals surface area (Å²) in [5, 5.41) is 3.91. The molecule has 1 N–H and O–H groups in total. The third kappa shape index (κ3) is 5.37. The maximum atomic E-state index is 13.9. The van der Waals surface area contributed by atoms with Gasteiger partial charge in [-0.05, 0) is 37.6 Å². The van der Waals surface area contributed by atoms with E-state index in [0.29, 0.717) is 17.0 Å². The molecule has 0 aliphatic carbocycles. The second-order valence-corrected chi connectivity index (χ2v) is 8.15. The van der Waals surface area contributed by atoms with Crippen LogP contribution in [-0.4, -0.2) is 29.0 Å². The summed E-state index contributed by atoms with van der Waals surface area (Å²) < 4.78 is 15.1. The van der Waals surface area contributed by atoms with E-state index in [1.54, 1.807) is 17.4 Å². The fraction of sp³-hybridized carbons (Fsp3) is 0.250. The number of halogens is 1. The fourth-order valence-corrected chi connectivity index (χ4v) is 4.28. The third-order valence-electron chi connectivity index (χ3n) is 3.92. The van der Waals surface area contributed by atoms with Crippen LogP contribution in [0.4, 0.5) is 4.39 Å². The molecule has 7 heteroatoms. The largest absolute Gasteiger partial charge is 0.355 e. The van der Waals surface area contributed by atoms with Crippen molar-refractivity contribution in [2.75, 3.05) is 12.3 Å². The van der Waals surface area contributed by atoms with Crippen LogP contribution in [0.15, 0.2) is 47.4 Å². The van der Waals surface area contributed by atoms with E-state index in [4.69, 9.17) is 0 Å². The summed E-state index contributed by atoms with van der Waals surface area (Å²) in [5.41, 5.74) is 1.34. The molecule has 0 radical (unpaired) electrons. The van der Waals surface area contributed by atoms with Crippen LogP contribution in [0, 0.1) is 5.82 Å². The molecule has 0 saturated carbocycles. The van der Waals surface area contributed by atoms with Gasteiger partial charge in [0.05, 0.1) is 21.0 Å². The van der Waals surface area contributed by atoms with Crippen LogP contribution in [0.5, 0.6) is 0 Å². The van der Waals surface area contributed by atoms with Crippen LogP contribution in [-0.2, 0) is 11.2 Å². The van der Waals surface area contributed by atoms with E-state index in [9.17, 15) is 14.0 Å². The van der Waals surface area contributed by atoms with Gasteiger partial charge in [-0.2, -0.15) is 0 Å². The first-order valence-electron chi connectivity index (χ1n) is 8.57. The molecule has 3 rings (SSSR count). The number of amides is 1. The summed E-state index contributed by atoms with van der Waals surface area (Å²) >= 11 is 2.80. The highest BCUT2D eigenvalue weighted by Crippen LogP contribution is 2.23. The number of Topliss-reactive ketones (excluding diaryl/α,β-unsaturated/α-hetero) is 1. The average molecular weight is 403 g/mol. The Morgan fingerprint density at radius 3 is 2.78 bits per heavy atom. The predicted octanol–water partition coefficient (Wildman–Crippen LogP) is 4.48. The highest BCUT2D eigenvalue weighted by atomic mass is 32.2. The Bertz CT molecular complexity index is 939. The minimum Gasteiger partial charge on any atom is -0.355 e. The number of nitrogens with one attached hydrogen (secondary N) is 1. The SMILES string of the molecule is CC(=O)c1ccc(SCC(=O)NCCCc2nc3ccccc3s2)c(F)c1. The van der Waals surface area contributed by atoms with Gasteiger partial charge in [0.2, 0.25) is 5.91 Å². The number of aryl methyl sites for hydroxylation is 1. The molecule has 0 unspecified atom stereocenters. The number of carbonyl (C=O) groups is 2. The number of hydrogen-bond acceptors (Lipinski definition) is 5. The lowest BCUT2D eigenvalue weighted by atomic mass is 10.1. The quantitative estimate of drug-likeness (QED) is 0.343. The van der Waals surface area contributed by atoms with Crippen LogP contribution < -0.4 is 5.32 Å². The zero-order valence-electron chi connectivity index (χ0n) is 14.8. The number of para-hydroxylation sites is 1. The molecule has 0 fully saturated rings. The van der Waals surface area contributed by atoms with Gasteiger partial charge in [-0.1, -0.05) is 18.2 Å². The zero-order valence-corrected chi connectivity index (χ0v) is 16.5. The second-order valence-electron chi connectivity index (χ2n) is 6.02. The number of fused-ring (bicyclic) bond motifs is 1. The summed E-state index contributed by atoms with van der Waals surface area (Å²) in [6.45, 7) is 1.95. The Balaban J connectivity index is 1.40. The molecule has 1 amide bonds. The van der Waals surface area contributed by atoms with E-state index in [-0.39, 0.29) is 17.4 Å². The Labute approximate surface area is 165 Å². The number of rotatable bonds is 8. The van der Waals surface area contributed by atoms with Crippen LogP contribution >= 0.6 is 23.1 Å². The van der Waals surface area contributed by atoms with Crippen molar-refractivity contribution in [3.8, 4) is 0 Å². The van der Waals surface area contributed by atoms with Gasteiger partial charge in [-0.25, -0.2) is 9.37 Å². The van der Waals surface area contributed by atoms with Crippen molar-refractivity contribution in [3.63, 3.8) is 0 Å². The van der Waals surface area contributed by atoms with Crippen LogP contribution in [0.1, 0.15) is 28.7 Å². The minimum atomic E-state index is -0.476. The van der Waals surface area contributed by atoms with Crippen LogP contribution in [0.2, 0.25) is 0 Å². The molecular formula is C20H19FN2O2S2. The van der Waals surface area contributed by atoms with Crippen molar-refractivity contribution in [2.24, 2.45) is 0 Å². The standard InChI is InChI=1S/C20H19FN2O2S2/c1-13(24)14-8-9-17(15(21)11-14)26-12-19(25)22-10-4-7-20-23-16-5-2-3-6-18(16)27-20/h2-3,5-6,8-9,11H,4,7,10,12H2,1H3,(H,22,25). The first-order valence-corrected chi connectivity index (χ1v) is 10.4. The maximum Gasteiger partial charge on any atom is 0.230 e. The van der Waals surface area contributed by atoms with Crippen molar-refractivity contribution < 1.29 is 14.0 Å². The number of thiazole rings is 1. The molecule has 0 aliphatic rings. The monoisotopic (exact) mass is 402 g/mol. The first-order chi connectivity index (χ1) is 13.0. The van der Waals surface area contributed by atoms with E-state index in [1.165, 1.54) is 23.8 Å². The van der Waals surface area contributed by atoms with E-state index in [1.807, 2.05) is 18.2 Å². The molecule has 0 atom stereocenters. The van der Waals surface area contributed by atoms with Gasteiger partial charge in [0.15, 0.2) is 5.78 Å². The highest BCUT2D eigenvalue weighted by molar-refractivity contribution is 8.00. The van der Waals surface area contributed by atoms with Crippen molar-refractivity contribution in [2.45, 2.75) is 24.7 Å². The summed E-state index contributed by atoms with van der Waals surface area (Å²) in [7, 11) is 0. The first kappa shape index (κ1) is 19.5. The maximum absolute atomic E-state index is 13.9. The van der Waals surface area contributed by atoms with Crippen LogP contribution in [0.25, 0.3) is 10.2 Å². The minimum absolute atomic E-state index is 0.136. The second kappa shape index (κ2) is 9.10. The van der Waals surface area contributed by atoms with Gasteiger partial charge in [-0.15, -0.1) is 23.1 Å². The zero-order chi connectivity index (χ0) is 19.2. The third-order valence-corrected chi connectivity index (χ3v) is 6.07. The number of thioether (sulfide) groups is 1. The molecule has 2 aromatic carbocycles. The number of nitrogens with zero attached hydrogens (tertiary/aromatic N) is 1. The Morgan fingerprint density at radius 2 is 2.04 bits per heavy atom. The van der Waals surface area contributed by atoms with Crippen molar-refractivity contribution >= 4 is 45.0 Å². The molecule has 0 bridgehead atoms. The molecule has 4 nitrogen and oxygen atoms in total. The molecule has 27 heavy (non-hydrogen) atoms. The Hall–Kier alpha value is -2.25. The normalized spacial score (nSPS) is 10.9. The van der Waals surface area contributed by atoms with E-state index in [0.717, 1.165) is 35.1 Å². The topological polar surface area (TPSA) is 59.1 Å². The van der Waals surface area contributed by atoms with Crippen molar-refractivity contribution in [1.82, 2.24) is 10.3 Å². The molecule has 140 valence electrons. The molecule has 0 saturated heterocycles.